The van der Waals surface area contributed by atoms with Crippen molar-refractivity contribution in [3.8, 4) is 5.75 Å². The molecule has 1 aromatic heterocycles. The molecule has 3 rings (SSSR count). The first-order valence-corrected chi connectivity index (χ1v) is 7.66. The number of hydrogen-bond acceptors (Lipinski definition) is 9. The van der Waals surface area contributed by atoms with Gasteiger partial charge in [0.1, 0.15) is 30.4 Å². The smallest absolute Gasteiger partial charge is 0.410 e. The highest BCUT2D eigenvalue weighted by Crippen LogP contribution is 2.28. The number of hydrogen-bond donors (Lipinski definition) is 5. The van der Waals surface area contributed by atoms with Crippen LogP contribution in [0, 0.1) is 5.41 Å². The molecule has 5 N–H and O–H groups in total. The largest absolute Gasteiger partial charge is 0.418 e. The average Bonchev–Trinajstić information content (AvgIpc) is 3.22. The lowest BCUT2D eigenvalue weighted by Gasteiger charge is -2.13. The molecule has 2 heterocycles. The van der Waals surface area contributed by atoms with Gasteiger partial charge in [-0.15, -0.1) is 5.10 Å². The number of ether oxygens (including phenoxy) is 2. The molecule has 138 valence electrons. The third-order valence-corrected chi connectivity index (χ3v) is 3.69. The van der Waals surface area contributed by atoms with Crippen LogP contribution in [0.2, 0.25) is 0 Å². The maximum absolute atomic E-state index is 11.8. The van der Waals surface area contributed by atoms with Crippen molar-refractivity contribution < 1.29 is 29.6 Å². The predicted octanol–water partition coefficient (Wildman–Crippen LogP) is -0.996. The van der Waals surface area contributed by atoms with E-state index in [1.807, 2.05) is 0 Å². The summed E-state index contributed by atoms with van der Waals surface area (Å²) in [6.07, 6.45) is -4.35. The van der Waals surface area contributed by atoms with Gasteiger partial charge in [-0.2, -0.15) is 0 Å². The molecule has 0 aliphatic carbocycles. The number of nitrogens with zero attached hydrogens (tertiary/aromatic N) is 3. The fourth-order valence-electron chi connectivity index (χ4n) is 2.39. The number of benzene rings is 1. The third kappa shape index (κ3) is 3.70. The molecule has 0 unspecified atom stereocenters. The monoisotopic (exact) mass is 363 g/mol. The number of carbonyl (C=O) groups is 1. The summed E-state index contributed by atoms with van der Waals surface area (Å²) >= 11 is 0. The number of amidine groups is 1. The van der Waals surface area contributed by atoms with Crippen molar-refractivity contribution in [2.75, 3.05) is 6.61 Å². The van der Waals surface area contributed by atoms with Crippen molar-refractivity contribution in [1.29, 1.82) is 5.41 Å². The van der Waals surface area contributed by atoms with Crippen molar-refractivity contribution in [2.24, 2.45) is 0 Å². The van der Waals surface area contributed by atoms with Gasteiger partial charge >= 0.3 is 6.09 Å². The fourth-order valence-corrected chi connectivity index (χ4v) is 2.39. The lowest BCUT2D eigenvalue weighted by molar-refractivity contribution is -0.0588. The van der Waals surface area contributed by atoms with Crippen molar-refractivity contribution in [3.05, 3.63) is 42.5 Å². The highest BCUT2D eigenvalue weighted by Gasteiger charge is 2.44. The Morgan fingerprint density at radius 2 is 2.04 bits per heavy atom. The molecule has 0 radical (unpaired) electrons. The van der Waals surface area contributed by atoms with Crippen molar-refractivity contribution in [3.63, 3.8) is 0 Å². The lowest BCUT2D eigenvalue weighted by atomic mass is 10.1. The summed E-state index contributed by atoms with van der Waals surface area (Å²) in [6.45, 7) is -0.473. The second kappa shape index (κ2) is 7.58. The van der Waals surface area contributed by atoms with E-state index in [0.29, 0.717) is 5.75 Å². The first kappa shape index (κ1) is 17.9. The minimum atomic E-state index is -1.33. The lowest BCUT2D eigenvalue weighted by Crippen LogP contribution is -2.34. The molecule has 0 bridgehead atoms. The van der Waals surface area contributed by atoms with Crippen LogP contribution in [0.1, 0.15) is 12.1 Å². The SMILES string of the molecule is N=C(NC(=O)Oc1ccccc1)c1ncn([C@@H]2O[C@H](CO)[C@@H](O)[C@H]2O)n1. The minimum absolute atomic E-state index is 0.146. The summed E-state index contributed by atoms with van der Waals surface area (Å²) in [5.41, 5.74) is 0. The van der Waals surface area contributed by atoms with Gasteiger partial charge in [-0.05, 0) is 12.1 Å². The van der Waals surface area contributed by atoms with Gasteiger partial charge in [-0.1, -0.05) is 18.2 Å². The van der Waals surface area contributed by atoms with Crippen LogP contribution in [0.4, 0.5) is 4.79 Å². The van der Waals surface area contributed by atoms with E-state index in [9.17, 15) is 15.0 Å². The van der Waals surface area contributed by atoms with E-state index in [1.54, 1.807) is 30.3 Å². The third-order valence-electron chi connectivity index (χ3n) is 3.69. The molecular weight excluding hydrogens is 346 g/mol. The number of aromatic nitrogens is 3. The van der Waals surface area contributed by atoms with Gasteiger partial charge in [-0.3, -0.25) is 10.7 Å². The molecule has 11 nitrogen and oxygen atoms in total. The Bertz CT molecular complexity index is 782. The van der Waals surface area contributed by atoms with Gasteiger partial charge in [0.15, 0.2) is 12.1 Å². The normalized spacial score (nSPS) is 25.0. The summed E-state index contributed by atoms with van der Waals surface area (Å²) < 4.78 is 11.4. The van der Waals surface area contributed by atoms with E-state index in [2.05, 4.69) is 15.4 Å². The van der Waals surface area contributed by atoms with E-state index in [4.69, 9.17) is 20.0 Å². The number of amides is 1. The number of nitrogens with one attached hydrogen (secondary N) is 2. The first-order valence-electron chi connectivity index (χ1n) is 7.66. The standard InChI is InChI=1S/C15H17N5O6/c16-12(18-15(24)25-8-4-2-1-3-5-8)13-17-7-20(19-13)14-11(23)10(22)9(6-21)26-14/h1-5,7,9-11,14,21-23H,6H2,(H2,16,18,24)/t9-,10-,11-,14-/m1/s1. The zero-order valence-corrected chi connectivity index (χ0v) is 13.4. The minimum Gasteiger partial charge on any atom is -0.410 e. The number of carbonyl (C=O) groups excluding carboxylic acids is 1. The van der Waals surface area contributed by atoms with Crippen molar-refractivity contribution in [1.82, 2.24) is 20.1 Å². The van der Waals surface area contributed by atoms with Crippen LogP contribution in [-0.4, -0.2) is 66.9 Å². The molecule has 11 heteroatoms. The topological polar surface area (TPSA) is 163 Å². The zero-order chi connectivity index (χ0) is 18.7. The van der Waals surface area contributed by atoms with Gasteiger partial charge in [0, 0.05) is 0 Å². The second-order valence-electron chi connectivity index (χ2n) is 5.48. The van der Waals surface area contributed by atoms with Crippen LogP contribution in [0.5, 0.6) is 5.75 Å². The molecule has 26 heavy (non-hydrogen) atoms. The van der Waals surface area contributed by atoms with Gasteiger partial charge < -0.3 is 24.8 Å². The Labute approximate surface area is 147 Å². The molecule has 1 amide bonds. The molecule has 4 atom stereocenters. The molecule has 1 aromatic carbocycles. The molecule has 1 fully saturated rings. The second-order valence-corrected chi connectivity index (χ2v) is 5.48. The van der Waals surface area contributed by atoms with Gasteiger partial charge in [0.25, 0.3) is 0 Å². The Morgan fingerprint density at radius 1 is 1.31 bits per heavy atom. The van der Waals surface area contributed by atoms with Gasteiger partial charge in [-0.25, -0.2) is 14.5 Å². The highest BCUT2D eigenvalue weighted by atomic mass is 16.6. The Hall–Kier alpha value is -2.86. The molecule has 0 spiro atoms. The molecule has 1 aliphatic rings. The van der Waals surface area contributed by atoms with Crippen molar-refractivity contribution >= 4 is 11.9 Å². The van der Waals surface area contributed by atoms with Gasteiger partial charge in [0.05, 0.1) is 6.61 Å². The number of aliphatic hydroxyl groups excluding tert-OH is 3. The maximum atomic E-state index is 11.8. The quantitative estimate of drug-likeness (QED) is 0.341. The molecular formula is C15H17N5O6. The average molecular weight is 363 g/mol. The maximum Gasteiger partial charge on any atom is 0.418 e. The van der Waals surface area contributed by atoms with E-state index in [-0.39, 0.29) is 5.82 Å². The highest BCUT2D eigenvalue weighted by molar-refractivity contribution is 6.02. The van der Waals surface area contributed by atoms with Crippen LogP contribution in [-0.2, 0) is 4.74 Å². The molecule has 0 saturated carbocycles. The van der Waals surface area contributed by atoms with Crippen LogP contribution < -0.4 is 10.1 Å². The Kier molecular flexibility index (Phi) is 5.23. The summed E-state index contributed by atoms with van der Waals surface area (Å²) in [6, 6.07) is 8.31. The summed E-state index contributed by atoms with van der Waals surface area (Å²) in [5, 5.41) is 42.8. The van der Waals surface area contributed by atoms with Crippen LogP contribution in [0.15, 0.2) is 36.7 Å². The summed E-state index contributed by atoms with van der Waals surface area (Å²) in [7, 11) is 0. The zero-order valence-electron chi connectivity index (χ0n) is 13.4. The molecule has 1 aliphatic heterocycles. The van der Waals surface area contributed by atoms with Crippen LogP contribution in [0.25, 0.3) is 0 Å². The van der Waals surface area contributed by atoms with E-state index in [1.165, 1.54) is 6.33 Å². The number of aliphatic hydroxyl groups is 3. The molecule has 2 aromatic rings. The summed E-state index contributed by atoms with van der Waals surface area (Å²) in [5.74, 6) is -0.257. The number of rotatable bonds is 4. The number of para-hydroxylation sites is 1. The van der Waals surface area contributed by atoms with Crippen LogP contribution >= 0.6 is 0 Å². The fraction of sp³-hybridized carbons (Fsp3) is 0.333. The van der Waals surface area contributed by atoms with E-state index >= 15 is 0 Å². The first-order chi connectivity index (χ1) is 12.5. The summed E-state index contributed by atoms with van der Waals surface area (Å²) in [4.78, 5) is 15.6. The van der Waals surface area contributed by atoms with Crippen molar-refractivity contribution in [2.45, 2.75) is 24.5 Å². The Balaban J connectivity index is 1.62. The van der Waals surface area contributed by atoms with E-state index < -0.39 is 43.1 Å². The predicted molar refractivity (Wildman–Crippen MR) is 85.5 cm³/mol. The molecule has 1 saturated heterocycles. The van der Waals surface area contributed by atoms with E-state index in [0.717, 1.165) is 4.68 Å². The Morgan fingerprint density at radius 3 is 2.69 bits per heavy atom. The van der Waals surface area contributed by atoms with Gasteiger partial charge in [0.2, 0.25) is 5.82 Å². The van der Waals surface area contributed by atoms with Crippen LogP contribution in [0.3, 0.4) is 0 Å².